The van der Waals surface area contributed by atoms with Crippen LogP contribution in [0.1, 0.15) is 25.3 Å². The van der Waals surface area contributed by atoms with Crippen molar-refractivity contribution in [2.75, 3.05) is 30.9 Å². The summed E-state index contributed by atoms with van der Waals surface area (Å²) in [5.74, 6) is 0.966. The van der Waals surface area contributed by atoms with Crippen LogP contribution in [0.4, 0.5) is 11.4 Å². The number of rotatable bonds is 3. The SMILES string of the molecule is C/C=C1\C[N@+]2(C)CC[C@]34c5ccccc5N[C@@H]3[C@@H](/C=N\Nc3ccccc3)[C@H]1C[C@H]42. The Labute approximate surface area is 179 Å². The Kier molecular flexibility index (Phi) is 3.91. The minimum Gasteiger partial charge on any atom is -0.380 e. The molecule has 0 unspecified atom stereocenters. The molecule has 2 saturated heterocycles. The number of para-hydroxylation sites is 2. The summed E-state index contributed by atoms with van der Waals surface area (Å²) in [4.78, 5) is 0. The molecule has 1 spiro atoms. The summed E-state index contributed by atoms with van der Waals surface area (Å²) in [6.45, 7) is 4.69. The molecule has 4 aliphatic rings. The Bertz CT molecular complexity index is 1030. The zero-order chi connectivity index (χ0) is 20.3. The molecule has 3 aliphatic heterocycles. The van der Waals surface area contributed by atoms with Gasteiger partial charge in [-0.3, -0.25) is 5.43 Å². The number of allylic oxidation sites excluding steroid dienone is 1. The molecule has 154 valence electrons. The molecule has 4 heteroatoms. The molecule has 0 amide bonds. The predicted octanol–water partition coefficient (Wildman–Crippen LogP) is 4.63. The second-order valence-corrected chi connectivity index (χ2v) is 9.87. The van der Waals surface area contributed by atoms with Crippen LogP contribution < -0.4 is 10.7 Å². The number of hydrogen-bond acceptors (Lipinski definition) is 3. The second kappa shape index (κ2) is 6.45. The van der Waals surface area contributed by atoms with Crippen molar-refractivity contribution < 1.29 is 4.48 Å². The number of likely N-dealkylation sites (N-methyl/N-ethyl adjacent to an activating group) is 1. The maximum Gasteiger partial charge on any atom is 0.102 e. The smallest absolute Gasteiger partial charge is 0.102 e. The van der Waals surface area contributed by atoms with Crippen LogP contribution in [0.5, 0.6) is 0 Å². The van der Waals surface area contributed by atoms with Gasteiger partial charge in [0.25, 0.3) is 0 Å². The van der Waals surface area contributed by atoms with Crippen molar-refractivity contribution in [2.45, 2.75) is 37.3 Å². The van der Waals surface area contributed by atoms with Crippen molar-refractivity contribution in [3.8, 4) is 0 Å². The van der Waals surface area contributed by atoms with Gasteiger partial charge in [-0.15, -0.1) is 0 Å². The lowest BCUT2D eigenvalue weighted by Gasteiger charge is -2.56. The number of benzene rings is 2. The van der Waals surface area contributed by atoms with Gasteiger partial charge in [0.15, 0.2) is 0 Å². The third kappa shape index (κ3) is 2.34. The van der Waals surface area contributed by atoms with Gasteiger partial charge >= 0.3 is 0 Å². The predicted molar refractivity (Wildman–Crippen MR) is 124 cm³/mol. The number of anilines is 2. The Morgan fingerprint density at radius 2 is 1.93 bits per heavy atom. The van der Waals surface area contributed by atoms with Gasteiger partial charge in [-0.25, -0.2) is 0 Å². The molecule has 3 fully saturated rings. The van der Waals surface area contributed by atoms with E-state index in [9.17, 15) is 0 Å². The van der Waals surface area contributed by atoms with E-state index in [2.05, 4.69) is 73.4 Å². The van der Waals surface area contributed by atoms with Crippen LogP contribution in [0, 0.1) is 11.8 Å². The highest BCUT2D eigenvalue weighted by Crippen LogP contribution is 2.62. The van der Waals surface area contributed by atoms with E-state index in [0.29, 0.717) is 23.9 Å². The van der Waals surface area contributed by atoms with Gasteiger partial charge in [-0.05, 0) is 36.3 Å². The Morgan fingerprint density at radius 1 is 1.13 bits per heavy atom. The lowest BCUT2D eigenvalue weighted by atomic mass is 9.55. The van der Waals surface area contributed by atoms with Gasteiger partial charge < -0.3 is 9.80 Å². The second-order valence-electron chi connectivity index (χ2n) is 9.87. The standard InChI is InChI=1S/C26H31N4/c1-3-18-17-30(2)14-13-26-22-11-7-8-12-23(22)28-25(26)21(20(18)15-24(26)30)16-27-29-19-9-5-4-6-10-19/h3-12,16,20-21,24-25,28-29H,13-15,17H2,1-2H3/q+1/b18-3+,27-16-/t20-,21-,24+,25+,26+,30-/m0/s1. The maximum atomic E-state index is 4.75. The van der Waals surface area contributed by atoms with Crippen molar-refractivity contribution in [3.63, 3.8) is 0 Å². The van der Waals surface area contributed by atoms with Gasteiger partial charge in [0.1, 0.15) is 12.6 Å². The Hall–Kier alpha value is -2.59. The van der Waals surface area contributed by atoms with Gasteiger partial charge in [-0.1, -0.05) is 42.5 Å². The molecule has 6 atom stereocenters. The number of nitrogens with one attached hydrogen (secondary N) is 2. The number of quaternary nitrogens is 1. The van der Waals surface area contributed by atoms with Crippen molar-refractivity contribution in [3.05, 3.63) is 71.8 Å². The van der Waals surface area contributed by atoms with E-state index in [4.69, 9.17) is 5.10 Å². The largest absolute Gasteiger partial charge is 0.380 e. The Morgan fingerprint density at radius 3 is 2.77 bits per heavy atom. The summed E-state index contributed by atoms with van der Waals surface area (Å²) in [5.41, 5.74) is 9.06. The zero-order valence-corrected chi connectivity index (χ0v) is 17.9. The summed E-state index contributed by atoms with van der Waals surface area (Å²) < 4.78 is 1.20. The first-order chi connectivity index (χ1) is 14.7. The van der Waals surface area contributed by atoms with Crippen LogP contribution in [0.2, 0.25) is 0 Å². The molecule has 2 N–H and O–H groups in total. The normalized spacial score (nSPS) is 39.6. The summed E-state index contributed by atoms with van der Waals surface area (Å²) >= 11 is 0. The fourth-order valence-corrected chi connectivity index (χ4v) is 7.34. The molecule has 6 rings (SSSR count). The van der Waals surface area contributed by atoms with E-state index < -0.39 is 0 Å². The average molecular weight is 400 g/mol. The topological polar surface area (TPSA) is 36.4 Å². The maximum absolute atomic E-state index is 4.75. The summed E-state index contributed by atoms with van der Waals surface area (Å²) in [5, 5.41) is 8.74. The number of hydrogen-bond donors (Lipinski definition) is 2. The fourth-order valence-electron chi connectivity index (χ4n) is 7.34. The lowest BCUT2D eigenvalue weighted by Crippen LogP contribution is -2.67. The van der Waals surface area contributed by atoms with Crippen molar-refractivity contribution in [2.24, 2.45) is 16.9 Å². The highest BCUT2D eigenvalue weighted by molar-refractivity contribution is 5.72. The molecule has 2 bridgehead atoms. The molecule has 1 saturated carbocycles. The number of hydrazone groups is 1. The number of nitrogens with zero attached hydrogens (tertiary/aromatic N) is 2. The van der Waals surface area contributed by atoms with Crippen LogP contribution in [0.15, 0.2) is 71.3 Å². The average Bonchev–Trinajstić information content (AvgIpc) is 3.29. The van der Waals surface area contributed by atoms with E-state index in [-0.39, 0.29) is 5.41 Å². The molecule has 4 nitrogen and oxygen atoms in total. The molecule has 30 heavy (non-hydrogen) atoms. The molecular formula is C26H31N4+. The van der Waals surface area contributed by atoms with Crippen LogP contribution in [0.25, 0.3) is 0 Å². The van der Waals surface area contributed by atoms with E-state index in [1.165, 1.54) is 36.1 Å². The quantitative estimate of drug-likeness (QED) is 0.342. The fraction of sp³-hybridized carbons (Fsp3) is 0.423. The van der Waals surface area contributed by atoms with Crippen LogP contribution in [0.3, 0.4) is 0 Å². The lowest BCUT2D eigenvalue weighted by molar-refractivity contribution is -0.924. The van der Waals surface area contributed by atoms with E-state index in [1.54, 1.807) is 11.1 Å². The minimum absolute atomic E-state index is 0.227. The molecular weight excluding hydrogens is 368 g/mol. The van der Waals surface area contributed by atoms with Crippen molar-refractivity contribution in [1.29, 1.82) is 0 Å². The first kappa shape index (κ1) is 18.2. The third-order valence-electron chi connectivity index (χ3n) is 8.61. The first-order valence-electron chi connectivity index (χ1n) is 11.4. The highest BCUT2D eigenvalue weighted by atomic mass is 15.4. The first-order valence-corrected chi connectivity index (χ1v) is 11.4. The van der Waals surface area contributed by atoms with Crippen molar-refractivity contribution in [1.82, 2.24) is 0 Å². The molecule has 3 heterocycles. The van der Waals surface area contributed by atoms with E-state index in [1.807, 2.05) is 18.2 Å². The highest BCUT2D eigenvalue weighted by Gasteiger charge is 2.70. The molecule has 0 aromatic heterocycles. The number of piperidine rings is 1. The minimum atomic E-state index is 0.227. The van der Waals surface area contributed by atoms with Crippen LogP contribution in [-0.4, -0.2) is 42.9 Å². The summed E-state index contributed by atoms with van der Waals surface area (Å²) in [6.07, 6.45) is 7.15. The van der Waals surface area contributed by atoms with Gasteiger partial charge in [0.05, 0.1) is 30.7 Å². The monoisotopic (exact) mass is 399 g/mol. The molecule has 2 aromatic rings. The Balaban J connectivity index is 1.43. The van der Waals surface area contributed by atoms with Gasteiger partial charge in [0, 0.05) is 36.6 Å². The van der Waals surface area contributed by atoms with E-state index in [0.717, 1.165) is 5.69 Å². The molecule has 0 radical (unpaired) electrons. The number of fused-ring (bicyclic) bond motifs is 2. The van der Waals surface area contributed by atoms with Crippen LogP contribution in [-0.2, 0) is 5.41 Å². The van der Waals surface area contributed by atoms with Gasteiger partial charge in [-0.2, -0.15) is 5.10 Å². The van der Waals surface area contributed by atoms with Crippen molar-refractivity contribution >= 4 is 17.6 Å². The summed E-state index contributed by atoms with van der Waals surface area (Å²) in [7, 11) is 2.50. The third-order valence-corrected chi connectivity index (χ3v) is 8.61. The van der Waals surface area contributed by atoms with E-state index >= 15 is 0 Å². The molecule has 1 aliphatic carbocycles. The zero-order valence-electron chi connectivity index (χ0n) is 17.9. The molecule has 2 aromatic carbocycles. The van der Waals surface area contributed by atoms with Gasteiger partial charge in [0.2, 0.25) is 0 Å². The summed E-state index contributed by atoms with van der Waals surface area (Å²) in [6, 6.07) is 20.4. The van der Waals surface area contributed by atoms with Crippen LogP contribution >= 0.6 is 0 Å².